The zero-order valence-corrected chi connectivity index (χ0v) is 17.4. The standard InChI is InChI=1S/C24H16ClF2NO4/c1-32-19-10-9-13(25)11-17(19)22(29)20-21(16-7-2-3-8-18(16)27)28(24(31)23(20)30)15-6-4-5-14(26)12-15/h2-12,21,29H,1H3/b22-20+. The van der Waals surface area contributed by atoms with Gasteiger partial charge in [0.15, 0.2) is 0 Å². The summed E-state index contributed by atoms with van der Waals surface area (Å²) in [6.07, 6.45) is 0. The number of Topliss-reactive ketones (excluding diaryl/α,β-unsaturated/α-hetero) is 1. The van der Waals surface area contributed by atoms with Crippen molar-refractivity contribution in [3.8, 4) is 5.75 Å². The molecule has 1 fully saturated rings. The predicted molar refractivity (Wildman–Crippen MR) is 116 cm³/mol. The SMILES string of the molecule is COc1ccc(Cl)cc1/C(O)=C1\C(=O)C(=O)N(c2cccc(F)c2)C1c1ccccc1F. The van der Waals surface area contributed by atoms with Crippen LogP contribution in [0.5, 0.6) is 5.75 Å². The topological polar surface area (TPSA) is 66.8 Å². The third-order valence-electron chi connectivity index (χ3n) is 5.15. The van der Waals surface area contributed by atoms with Gasteiger partial charge in [-0.2, -0.15) is 0 Å². The zero-order valence-electron chi connectivity index (χ0n) is 16.7. The van der Waals surface area contributed by atoms with Crippen molar-refractivity contribution in [3.63, 3.8) is 0 Å². The minimum atomic E-state index is -1.35. The normalized spacial score (nSPS) is 17.6. The summed E-state index contributed by atoms with van der Waals surface area (Å²) in [5.41, 5.74) is -0.320. The van der Waals surface area contributed by atoms with Gasteiger partial charge in [0, 0.05) is 16.3 Å². The molecule has 32 heavy (non-hydrogen) atoms. The lowest BCUT2D eigenvalue weighted by Crippen LogP contribution is -2.30. The maximum Gasteiger partial charge on any atom is 0.300 e. The quantitative estimate of drug-likeness (QED) is 0.331. The minimum absolute atomic E-state index is 0.0393. The van der Waals surface area contributed by atoms with E-state index in [0.717, 1.165) is 11.0 Å². The van der Waals surface area contributed by atoms with Crippen molar-refractivity contribution in [1.29, 1.82) is 0 Å². The van der Waals surface area contributed by atoms with Gasteiger partial charge in [-0.1, -0.05) is 35.9 Å². The van der Waals surface area contributed by atoms with E-state index < -0.39 is 35.1 Å². The fourth-order valence-electron chi connectivity index (χ4n) is 3.73. The highest BCUT2D eigenvalue weighted by molar-refractivity contribution is 6.51. The van der Waals surface area contributed by atoms with E-state index in [2.05, 4.69) is 0 Å². The number of methoxy groups -OCH3 is 1. The van der Waals surface area contributed by atoms with Crippen LogP contribution < -0.4 is 9.64 Å². The number of ketones is 1. The Morgan fingerprint density at radius 1 is 1.03 bits per heavy atom. The third kappa shape index (κ3) is 3.61. The number of carbonyl (C=O) groups is 2. The fraction of sp³-hybridized carbons (Fsp3) is 0.0833. The van der Waals surface area contributed by atoms with Crippen LogP contribution in [0, 0.1) is 11.6 Å². The van der Waals surface area contributed by atoms with Gasteiger partial charge in [0.2, 0.25) is 0 Å². The van der Waals surface area contributed by atoms with Crippen LogP contribution in [0.15, 0.2) is 72.3 Å². The largest absolute Gasteiger partial charge is 0.507 e. The number of nitrogens with zero attached hydrogens (tertiary/aromatic N) is 1. The molecule has 0 bridgehead atoms. The number of carbonyl (C=O) groups excluding carboxylic acids is 2. The van der Waals surface area contributed by atoms with Crippen molar-refractivity contribution < 1.29 is 28.2 Å². The highest BCUT2D eigenvalue weighted by atomic mass is 35.5. The molecule has 1 aliphatic rings. The first-order valence-corrected chi connectivity index (χ1v) is 9.86. The molecule has 1 unspecified atom stereocenters. The van der Waals surface area contributed by atoms with E-state index in [1.807, 2.05) is 0 Å². The second kappa shape index (κ2) is 8.43. The molecule has 1 atom stereocenters. The van der Waals surface area contributed by atoms with Gasteiger partial charge in [0.05, 0.1) is 24.3 Å². The van der Waals surface area contributed by atoms with Crippen LogP contribution in [0.1, 0.15) is 17.2 Å². The second-order valence-corrected chi connectivity index (χ2v) is 7.45. The molecule has 1 heterocycles. The van der Waals surface area contributed by atoms with Crippen molar-refractivity contribution in [1.82, 2.24) is 0 Å². The molecule has 8 heteroatoms. The third-order valence-corrected chi connectivity index (χ3v) is 5.38. The van der Waals surface area contributed by atoms with Crippen LogP contribution >= 0.6 is 11.6 Å². The Morgan fingerprint density at radius 2 is 1.78 bits per heavy atom. The molecule has 162 valence electrons. The molecule has 5 nitrogen and oxygen atoms in total. The summed E-state index contributed by atoms with van der Waals surface area (Å²) in [6.45, 7) is 0. The molecule has 0 spiro atoms. The van der Waals surface area contributed by atoms with Gasteiger partial charge in [0.1, 0.15) is 23.1 Å². The smallest absolute Gasteiger partial charge is 0.300 e. The molecular weight excluding hydrogens is 440 g/mol. The van der Waals surface area contributed by atoms with Crippen molar-refractivity contribution in [2.75, 3.05) is 12.0 Å². The average molecular weight is 456 g/mol. The molecular formula is C24H16ClF2NO4. The van der Waals surface area contributed by atoms with E-state index in [1.54, 1.807) is 0 Å². The average Bonchev–Trinajstić information content (AvgIpc) is 3.04. The van der Waals surface area contributed by atoms with Gasteiger partial charge < -0.3 is 9.84 Å². The molecule has 1 N–H and O–H groups in total. The van der Waals surface area contributed by atoms with Gasteiger partial charge in [-0.3, -0.25) is 14.5 Å². The summed E-state index contributed by atoms with van der Waals surface area (Å²) in [5.74, 6) is -3.84. The predicted octanol–water partition coefficient (Wildman–Crippen LogP) is 5.25. The van der Waals surface area contributed by atoms with E-state index in [1.165, 1.54) is 67.8 Å². The number of benzene rings is 3. The van der Waals surface area contributed by atoms with Gasteiger partial charge in [0.25, 0.3) is 11.7 Å². The summed E-state index contributed by atoms with van der Waals surface area (Å²) >= 11 is 6.06. The molecule has 3 aromatic rings. The van der Waals surface area contributed by atoms with Gasteiger partial charge in [-0.25, -0.2) is 8.78 Å². The highest BCUT2D eigenvalue weighted by Gasteiger charge is 2.48. The molecule has 1 aliphatic heterocycles. The Kier molecular flexibility index (Phi) is 5.67. The van der Waals surface area contributed by atoms with Crippen LogP contribution in [0.4, 0.5) is 14.5 Å². The Balaban J connectivity index is 2.02. The molecule has 0 aromatic heterocycles. The summed E-state index contributed by atoms with van der Waals surface area (Å²) < 4.78 is 34.0. The van der Waals surface area contributed by atoms with E-state index in [4.69, 9.17) is 16.3 Å². The Labute approximate surface area is 187 Å². The molecule has 0 radical (unpaired) electrons. The monoisotopic (exact) mass is 455 g/mol. The summed E-state index contributed by atoms with van der Waals surface area (Å²) in [6, 6.07) is 13.6. The van der Waals surface area contributed by atoms with Crippen LogP contribution in [0.2, 0.25) is 5.02 Å². The number of hydrogen-bond acceptors (Lipinski definition) is 4. The molecule has 0 saturated carbocycles. The number of amides is 1. The van der Waals surface area contributed by atoms with Gasteiger partial charge in [-0.05, 0) is 42.5 Å². The van der Waals surface area contributed by atoms with Crippen LogP contribution in [-0.2, 0) is 9.59 Å². The lowest BCUT2D eigenvalue weighted by molar-refractivity contribution is -0.132. The lowest BCUT2D eigenvalue weighted by atomic mass is 9.94. The maximum atomic E-state index is 14.8. The Morgan fingerprint density at radius 3 is 2.47 bits per heavy atom. The minimum Gasteiger partial charge on any atom is -0.507 e. The molecule has 0 aliphatic carbocycles. The number of halogens is 3. The number of rotatable bonds is 4. The molecule has 1 saturated heterocycles. The van der Waals surface area contributed by atoms with Crippen molar-refractivity contribution in [3.05, 3.63) is 100 Å². The number of aliphatic hydroxyl groups excluding tert-OH is 1. The van der Waals surface area contributed by atoms with E-state index in [0.29, 0.717) is 0 Å². The number of aliphatic hydroxyl groups is 1. The molecule has 1 amide bonds. The van der Waals surface area contributed by atoms with Crippen LogP contribution in [0.3, 0.4) is 0 Å². The first-order chi connectivity index (χ1) is 15.3. The second-order valence-electron chi connectivity index (χ2n) is 7.02. The summed E-state index contributed by atoms with van der Waals surface area (Å²) in [5, 5.41) is 11.4. The molecule has 3 aromatic carbocycles. The number of anilines is 1. The number of hydrogen-bond donors (Lipinski definition) is 1. The van der Waals surface area contributed by atoms with Crippen molar-refractivity contribution in [2.24, 2.45) is 0 Å². The maximum absolute atomic E-state index is 14.8. The number of ether oxygens (including phenoxy) is 1. The zero-order chi connectivity index (χ0) is 23.0. The van der Waals surface area contributed by atoms with Gasteiger partial charge >= 0.3 is 0 Å². The highest BCUT2D eigenvalue weighted by Crippen LogP contribution is 2.44. The van der Waals surface area contributed by atoms with E-state index >= 15 is 0 Å². The Hall–Kier alpha value is -3.71. The van der Waals surface area contributed by atoms with Gasteiger partial charge in [-0.15, -0.1) is 0 Å². The first-order valence-electron chi connectivity index (χ1n) is 9.48. The summed E-state index contributed by atoms with van der Waals surface area (Å²) in [4.78, 5) is 27.0. The van der Waals surface area contributed by atoms with Crippen LogP contribution in [-0.4, -0.2) is 23.9 Å². The van der Waals surface area contributed by atoms with E-state index in [-0.39, 0.29) is 33.2 Å². The molecule has 4 rings (SSSR count). The van der Waals surface area contributed by atoms with Crippen LogP contribution in [0.25, 0.3) is 5.76 Å². The van der Waals surface area contributed by atoms with Crippen molar-refractivity contribution in [2.45, 2.75) is 6.04 Å². The van der Waals surface area contributed by atoms with Crippen molar-refractivity contribution >= 4 is 34.7 Å². The lowest BCUT2D eigenvalue weighted by Gasteiger charge is -2.26. The first kappa shape index (κ1) is 21.5. The Bertz CT molecular complexity index is 1270. The summed E-state index contributed by atoms with van der Waals surface area (Å²) in [7, 11) is 1.36. The fourth-order valence-corrected chi connectivity index (χ4v) is 3.90. The van der Waals surface area contributed by atoms with E-state index in [9.17, 15) is 23.5 Å².